The van der Waals surface area contributed by atoms with Crippen molar-refractivity contribution in [1.29, 1.82) is 0 Å². The van der Waals surface area contributed by atoms with Crippen LogP contribution >= 0.6 is 11.3 Å². The fourth-order valence-corrected chi connectivity index (χ4v) is 2.75. The first kappa shape index (κ1) is 26.0. The topological polar surface area (TPSA) is 14.1 Å². The summed E-state index contributed by atoms with van der Waals surface area (Å²) in [6, 6.07) is 4.23. The minimum absolute atomic E-state index is 0. The molecule has 4 heteroatoms. The number of rotatable bonds is 3. The van der Waals surface area contributed by atoms with E-state index >= 15 is 0 Å². The van der Waals surface area contributed by atoms with Gasteiger partial charge in [-0.2, -0.15) is 11.3 Å². The zero-order valence-corrected chi connectivity index (χ0v) is 18.8. The molecule has 10 radical (unpaired) electrons. The molecule has 0 atom stereocenters. The van der Waals surface area contributed by atoms with Crippen LogP contribution in [0.1, 0.15) is 4.88 Å². The van der Waals surface area contributed by atoms with Crippen LogP contribution in [0.3, 0.4) is 0 Å². The predicted octanol–water partition coefficient (Wildman–Crippen LogP) is 5.95. The van der Waals surface area contributed by atoms with Gasteiger partial charge in [-0.25, -0.2) is 0 Å². The van der Waals surface area contributed by atoms with Gasteiger partial charge >= 0.3 is 26.2 Å². The maximum absolute atomic E-state index is 4.65. The molecule has 0 aliphatic heterocycles. The largest absolute Gasteiger partial charge is 2.00 e. The van der Waals surface area contributed by atoms with Crippen LogP contribution < -0.4 is 0 Å². The second kappa shape index (κ2) is 16.2. The Morgan fingerprint density at radius 3 is 1.48 bits per heavy atom. The molecule has 0 unspecified atom stereocenters. The summed E-state index contributed by atoms with van der Waals surface area (Å²) >= 11 is 1.79. The summed E-state index contributed by atoms with van der Waals surface area (Å²) in [6.07, 6.45) is 20.0. The van der Waals surface area contributed by atoms with Gasteiger partial charge in [0, 0.05) is 0 Å². The van der Waals surface area contributed by atoms with E-state index < -0.39 is 8.24 Å². The van der Waals surface area contributed by atoms with Crippen molar-refractivity contribution >= 4 is 19.6 Å². The number of hydrogen-bond donors (Lipinski definition) is 0. The third kappa shape index (κ3) is 17.4. The van der Waals surface area contributed by atoms with E-state index in [1.165, 1.54) is 4.88 Å². The quantitative estimate of drug-likeness (QED) is 0.424. The first-order valence-electron chi connectivity index (χ1n) is 7.12. The van der Waals surface area contributed by atoms with Crippen LogP contribution in [0.15, 0.2) is 17.5 Å². The molecule has 3 rings (SSSR count). The number of thiophene rings is 1. The summed E-state index contributed by atoms with van der Waals surface area (Å²) in [4.78, 5) is 6.03. The molecule has 0 amide bonds. The van der Waals surface area contributed by atoms with Gasteiger partial charge in [0.2, 0.25) is 0 Å². The van der Waals surface area contributed by atoms with E-state index in [1.54, 1.807) is 11.3 Å². The molecular weight excluding hydrogens is 394 g/mol. The van der Waals surface area contributed by atoms with Crippen molar-refractivity contribution in [2.24, 2.45) is 0 Å². The minimum atomic E-state index is -1.18. The molecule has 122 valence electrons. The molecule has 1 heterocycles. The van der Waals surface area contributed by atoms with E-state index in [-0.39, 0.29) is 33.6 Å². The number of hydrogen-bond acceptors (Lipinski definition) is 1. The Balaban J connectivity index is 0. The van der Waals surface area contributed by atoms with E-state index in [1.807, 2.05) is 64.2 Å². The van der Waals surface area contributed by atoms with Crippen molar-refractivity contribution in [3.05, 3.63) is 99.0 Å². The van der Waals surface area contributed by atoms with Crippen LogP contribution in [0.2, 0.25) is 19.6 Å². The summed E-state index contributed by atoms with van der Waals surface area (Å²) in [7, 11) is -1.18. The molecule has 0 bridgehead atoms. The average molecular weight is 421 g/mol. The molecule has 0 spiro atoms. The van der Waals surface area contributed by atoms with Gasteiger partial charge in [-0.3, -0.25) is 0 Å². The molecule has 23 heavy (non-hydrogen) atoms. The number of nitrogens with zero attached hydrogens (tertiary/aromatic N) is 1. The molecule has 0 saturated heterocycles. The normalized spacial score (nSPS) is 16.1. The molecule has 1 aromatic rings. The second-order valence-corrected chi connectivity index (χ2v) is 11.2. The molecule has 2 aliphatic carbocycles. The fraction of sp³-hybridized carbons (Fsp3) is 0.211. The van der Waals surface area contributed by atoms with Gasteiger partial charge in [-0.05, 0) is 74.5 Å². The van der Waals surface area contributed by atoms with Gasteiger partial charge in [-0.15, -0.1) is 6.54 Å². The van der Waals surface area contributed by atoms with Crippen LogP contribution in [0.5, 0.6) is 0 Å². The third-order valence-electron chi connectivity index (χ3n) is 2.40. The summed E-state index contributed by atoms with van der Waals surface area (Å²) in [5.74, 6) is 0. The standard InChI is InChI=1S/C8H14NSSi.2C5H5.CH3.Zr/c1-11(2,3)9-7-8-5-4-6-10-8;2*1-2-4-5-3-1;;/h4-6H,7H2,1-3H3;2*1-5H;1H3;/q-1;;;-1;+2. The zero-order chi connectivity index (χ0) is 15.4. The molecule has 0 aromatic carbocycles. The Kier molecular flexibility index (Phi) is 18.4. The molecule has 2 fully saturated rings. The smallest absolute Gasteiger partial charge is 0.660 e. The minimum Gasteiger partial charge on any atom is -0.660 e. The van der Waals surface area contributed by atoms with Crippen LogP contribution in [-0.4, -0.2) is 8.24 Å². The fourth-order valence-electron chi connectivity index (χ4n) is 1.36. The average Bonchev–Trinajstić information content (AvgIpc) is 3.21. The van der Waals surface area contributed by atoms with E-state index in [2.05, 4.69) is 42.1 Å². The van der Waals surface area contributed by atoms with Gasteiger partial charge in [-0.1, -0.05) is 40.0 Å². The summed E-state index contributed by atoms with van der Waals surface area (Å²) < 4.78 is 0. The summed E-state index contributed by atoms with van der Waals surface area (Å²) in [5.41, 5.74) is 0. The third-order valence-corrected chi connectivity index (χ3v) is 4.37. The second-order valence-electron chi connectivity index (χ2n) is 5.49. The molecule has 2 aliphatic rings. The maximum Gasteiger partial charge on any atom is 2.00 e. The SMILES string of the molecule is C[Si](C)(C)[N-]Cc1cccs1.[CH3-].[CH]1[CH][CH][CH][CH]1.[CH]1[CH][CH][CH][CH]1.[Zr+2]. The first-order chi connectivity index (χ1) is 10.1. The Morgan fingerprint density at radius 1 is 0.826 bits per heavy atom. The maximum atomic E-state index is 4.65. The van der Waals surface area contributed by atoms with Gasteiger partial charge in [0.05, 0.1) is 0 Å². The van der Waals surface area contributed by atoms with Gasteiger partial charge in [0.25, 0.3) is 0 Å². The molecular formula is C19H27NSSiZr. The van der Waals surface area contributed by atoms with Crippen molar-refractivity contribution in [3.63, 3.8) is 0 Å². The zero-order valence-electron chi connectivity index (χ0n) is 14.6. The van der Waals surface area contributed by atoms with E-state index in [4.69, 9.17) is 0 Å². The van der Waals surface area contributed by atoms with Crippen LogP contribution in [-0.2, 0) is 32.7 Å². The molecule has 1 nitrogen and oxygen atoms in total. The van der Waals surface area contributed by atoms with Crippen LogP contribution in [0.25, 0.3) is 4.98 Å². The monoisotopic (exact) mass is 419 g/mol. The molecule has 2 saturated carbocycles. The Bertz CT molecular complexity index is 302. The van der Waals surface area contributed by atoms with Crippen LogP contribution in [0, 0.1) is 71.6 Å². The first-order valence-corrected chi connectivity index (χ1v) is 11.4. The van der Waals surface area contributed by atoms with Crippen molar-refractivity contribution in [2.45, 2.75) is 26.2 Å². The van der Waals surface area contributed by atoms with E-state index in [0.29, 0.717) is 0 Å². The van der Waals surface area contributed by atoms with Crippen molar-refractivity contribution in [2.75, 3.05) is 0 Å². The molecule has 0 N–H and O–H groups in total. The van der Waals surface area contributed by atoms with Gasteiger partial charge in [0.1, 0.15) is 0 Å². The van der Waals surface area contributed by atoms with Crippen LogP contribution in [0.4, 0.5) is 0 Å². The van der Waals surface area contributed by atoms with Crippen molar-refractivity contribution in [3.8, 4) is 0 Å². The summed E-state index contributed by atoms with van der Waals surface area (Å²) in [5, 5.41) is 2.11. The Morgan fingerprint density at radius 2 is 1.22 bits per heavy atom. The Hall–Kier alpha value is 0.760. The predicted molar refractivity (Wildman–Crippen MR) is 104 cm³/mol. The van der Waals surface area contributed by atoms with Crippen molar-refractivity contribution < 1.29 is 26.2 Å². The molecule has 1 aromatic heterocycles. The van der Waals surface area contributed by atoms with E-state index in [9.17, 15) is 0 Å². The summed E-state index contributed by atoms with van der Waals surface area (Å²) in [6.45, 7) is 7.72. The van der Waals surface area contributed by atoms with Crippen molar-refractivity contribution in [1.82, 2.24) is 0 Å². The Labute approximate surface area is 170 Å². The van der Waals surface area contributed by atoms with Gasteiger partial charge < -0.3 is 12.4 Å². The van der Waals surface area contributed by atoms with E-state index in [0.717, 1.165) is 6.54 Å². The van der Waals surface area contributed by atoms with Gasteiger partial charge in [0.15, 0.2) is 0 Å².